The third-order valence-electron chi connectivity index (χ3n) is 2.95. The smallest absolute Gasteiger partial charge is 0.200 e. The molecule has 0 spiro atoms. The van der Waals surface area contributed by atoms with Gasteiger partial charge in [0.25, 0.3) is 0 Å². The van der Waals surface area contributed by atoms with Gasteiger partial charge in [-0.15, -0.1) is 0 Å². The van der Waals surface area contributed by atoms with Gasteiger partial charge in [-0.3, -0.25) is 0 Å². The number of anilines is 1. The van der Waals surface area contributed by atoms with Crippen molar-refractivity contribution in [2.24, 2.45) is 0 Å². The lowest BCUT2D eigenvalue weighted by Crippen LogP contribution is -2.02. The Hall–Kier alpha value is -2.43. The van der Waals surface area contributed by atoms with E-state index in [9.17, 15) is 19.7 Å². The van der Waals surface area contributed by atoms with Crippen LogP contribution in [0, 0.1) is 12.7 Å². The van der Waals surface area contributed by atoms with E-state index in [1.54, 1.807) is 19.1 Å². The second-order valence-corrected chi connectivity index (χ2v) is 4.21. The van der Waals surface area contributed by atoms with Gasteiger partial charge in [0.1, 0.15) is 5.82 Å². The van der Waals surface area contributed by atoms with Gasteiger partial charge in [0.05, 0.1) is 0 Å². The standard InChI is InChI=1S/C14H14FNO3/c1-8-10(15)3-2-4-11(8)16-7-9-5-6-12(17)14(19)13(9)18/h2-6,16-19H,7H2,1H3. The SMILES string of the molecule is Cc1c(F)cccc1NCc1ccc(O)c(O)c1O. The highest BCUT2D eigenvalue weighted by molar-refractivity contribution is 5.56. The van der Waals surface area contributed by atoms with E-state index in [1.807, 2.05) is 0 Å². The number of hydrogen-bond donors (Lipinski definition) is 4. The lowest BCUT2D eigenvalue weighted by Gasteiger charge is -2.12. The Bertz CT molecular complexity index is 614. The summed E-state index contributed by atoms with van der Waals surface area (Å²) in [7, 11) is 0. The molecule has 0 atom stereocenters. The van der Waals surface area contributed by atoms with Crippen molar-refractivity contribution in [3.63, 3.8) is 0 Å². The molecule has 0 aliphatic carbocycles. The zero-order chi connectivity index (χ0) is 14.0. The Morgan fingerprint density at radius 3 is 2.53 bits per heavy atom. The van der Waals surface area contributed by atoms with E-state index >= 15 is 0 Å². The van der Waals surface area contributed by atoms with Crippen LogP contribution in [0.5, 0.6) is 17.2 Å². The fraction of sp³-hybridized carbons (Fsp3) is 0.143. The van der Waals surface area contributed by atoms with E-state index in [-0.39, 0.29) is 23.9 Å². The number of hydrogen-bond acceptors (Lipinski definition) is 4. The summed E-state index contributed by atoms with van der Waals surface area (Å²) < 4.78 is 13.3. The molecule has 100 valence electrons. The Balaban J connectivity index is 2.20. The van der Waals surface area contributed by atoms with Crippen molar-refractivity contribution < 1.29 is 19.7 Å². The normalized spacial score (nSPS) is 10.4. The molecule has 0 bridgehead atoms. The van der Waals surface area contributed by atoms with Crippen LogP contribution in [-0.4, -0.2) is 15.3 Å². The quantitative estimate of drug-likeness (QED) is 0.642. The van der Waals surface area contributed by atoms with Crippen molar-refractivity contribution in [1.29, 1.82) is 0 Å². The van der Waals surface area contributed by atoms with Gasteiger partial charge in [-0.05, 0) is 31.2 Å². The summed E-state index contributed by atoms with van der Waals surface area (Å²) in [6, 6.07) is 7.43. The van der Waals surface area contributed by atoms with Crippen LogP contribution in [-0.2, 0) is 6.54 Å². The van der Waals surface area contributed by atoms with Crippen molar-refractivity contribution in [2.45, 2.75) is 13.5 Å². The Kier molecular flexibility index (Phi) is 3.46. The summed E-state index contributed by atoms with van der Waals surface area (Å²) in [6.45, 7) is 1.84. The highest BCUT2D eigenvalue weighted by Gasteiger charge is 2.11. The molecule has 0 heterocycles. The van der Waals surface area contributed by atoms with Crippen LogP contribution in [0.25, 0.3) is 0 Å². The van der Waals surface area contributed by atoms with E-state index in [0.29, 0.717) is 16.8 Å². The maximum Gasteiger partial charge on any atom is 0.200 e. The first-order chi connectivity index (χ1) is 9.00. The third-order valence-corrected chi connectivity index (χ3v) is 2.95. The monoisotopic (exact) mass is 263 g/mol. The van der Waals surface area contributed by atoms with E-state index in [1.165, 1.54) is 18.2 Å². The largest absolute Gasteiger partial charge is 0.504 e. The number of nitrogens with one attached hydrogen (secondary N) is 1. The molecule has 5 heteroatoms. The van der Waals surface area contributed by atoms with Gasteiger partial charge < -0.3 is 20.6 Å². The Morgan fingerprint density at radius 1 is 1.05 bits per heavy atom. The van der Waals surface area contributed by atoms with Crippen LogP contribution >= 0.6 is 0 Å². The van der Waals surface area contributed by atoms with Gasteiger partial charge in [0.15, 0.2) is 11.5 Å². The summed E-state index contributed by atoms with van der Waals surface area (Å²) in [4.78, 5) is 0. The first kappa shape index (κ1) is 13.0. The fourth-order valence-electron chi connectivity index (χ4n) is 1.74. The molecule has 4 nitrogen and oxygen atoms in total. The van der Waals surface area contributed by atoms with Gasteiger partial charge in [0, 0.05) is 23.4 Å². The summed E-state index contributed by atoms with van der Waals surface area (Å²) >= 11 is 0. The Morgan fingerprint density at radius 2 is 1.79 bits per heavy atom. The van der Waals surface area contributed by atoms with Crippen LogP contribution in [0.4, 0.5) is 10.1 Å². The lowest BCUT2D eigenvalue weighted by atomic mass is 10.1. The first-order valence-corrected chi connectivity index (χ1v) is 5.72. The van der Waals surface area contributed by atoms with Crippen molar-refractivity contribution in [2.75, 3.05) is 5.32 Å². The molecule has 0 aromatic heterocycles. The van der Waals surface area contributed by atoms with Gasteiger partial charge in [-0.25, -0.2) is 4.39 Å². The number of rotatable bonds is 3. The van der Waals surface area contributed by atoms with E-state index in [0.717, 1.165) is 0 Å². The molecule has 0 amide bonds. The van der Waals surface area contributed by atoms with E-state index in [2.05, 4.69) is 5.32 Å². The van der Waals surface area contributed by atoms with Crippen molar-refractivity contribution in [3.05, 3.63) is 47.3 Å². The van der Waals surface area contributed by atoms with Gasteiger partial charge >= 0.3 is 0 Å². The molecule has 0 saturated carbocycles. The van der Waals surface area contributed by atoms with Crippen molar-refractivity contribution >= 4 is 5.69 Å². The Labute approximate surface area is 109 Å². The molecular formula is C14H14FNO3. The number of benzene rings is 2. The number of aromatic hydroxyl groups is 3. The van der Waals surface area contributed by atoms with Crippen LogP contribution in [0.2, 0.25) is 0 Å². The molecule has 0 radical (unpaired) electrons. The minimum absolute atomic E-state index is 0.198. The van der Waals surface area contributed by atoms with E-state index in [4.69, 9.17) is 0 Å². The zero-order valence-corrected chi connectivity index (χ0v) is 10.3. The van der Waals surface area contributed by atoms with E-state index < -0.39 is 5.75 Å². The summed E-state index contributed by atoms with van der Waals surface area (Å²) in [5.74, 6) is -1.65. The van der Waals surface area contributed by atoms with Crippen molar-refractivity contribution in [3.8, 4) is 17.2 Å². The molecule has 2 aromatic carbocycles. The summed E-state index contributed by atoms with van der Waals surface area (Å²) in [5.41, 5.74) is 1.48. The predicted molar refractivity (Wildman–Crippen MR) is 69.9 cm³/mol. The molecule has 0 aliphatic rings. The van der Waals surface area contributed by atoms with Crippen LogP contribution in [0.3, 0.4) is 0 Å². The van der Waals surface area contributed by atoms with Crippen LogP contribution < -0.4 is 5.32 Å². The van der Waals surface area contributed by atoms with Gasteiger partial charge in [0.2, 0.25) is 5.75 Å². The molecule has 0 fully saturated rings. The average Bonchev–Trinajstić information content (AvgIpc) is 2.40. The molecule has 19 heavy (non-hydrogen) atoms. The number of phenolic OH excluding ortho intramolecular Hbond substituents is 3. The predicted octanol–water partition coefficient (Wildman–Crippen LogP) is 2.86. The molecule has 2 rings (SSSR count). The maximum atomic E-state index is 13.3. The summed E-state index contributed by atoms with van der Waals surface area (Å²) in [6.07, 6.45) is 0. The minimum Gasteiger partial charge on any atom is -0.504 e. The molecule has 0 unspecified atom stereocenters. The number of phenols is 3. The second-order valence-electron chi connectivity index (χ2n) is 4.21. The molecule has 2 aromatic rings. The highest BCUT2D eigenvalue weighted by Crippen LogP contribution is 2.37. The minimum atomic E-state index is -0.560. The third kappa shape index (κ3) is 2.54. The molecule has 0 saturated heterocycles. The maximum absolute atomic E-state index is 13.3. The van der Waals surface area contributed by atoms with Crippen molar-refractivity contribution in [1.82, 2.24) is 0 Å². The van der Waals surface area contributed by atoms with Gasteiger partial charge in [-0.1, -0.05) is 6.07 Å². The molecule has 4 N–H and O–H groups in total. The fourth-order valence-corrected chi connectivity index (χ4v) is 1.74. The lowest BCUT2D eigenvalue weighted by molar-refractivity contribution is 0.365. The van der Waals surface area contributed by atoms with Crippen LogP contribution in [0.1, 0.15) is 11.1 Å². The number of halogens is 1. The van der Waals surface area contributed by atoms with Gasteiger partial charge in [-0.2, -0.15) is 0 Å². The molecule has 0 aliphatic heterocycles. The second kappa shape index (κ2) is 5.06. The highest BCUT2D eigenvalue weighted by atomic mass is 19.1. The topological polar surface area (TPSA) is 72.7 Å². The average molecular weight is 263 g/mol. The summed E-state index contributed by atoms with van der Waals surface area (Å²) in [5, 5.41) is 31.2. The van der Waals surface area contributed by atoms with Crippen LogP contribution in [0.15, 0.2) is 30.3 Å². The molecular weight excluding hydrogens is 249 g/mol. The zero-order valence-electron chi connectivity index (χ0n) is 10.3. The first-order valence-electron chi connectivity index (χ1n) is 5.72.